The molecule has 1 atom stereocenters. The van der Waals surface area contributed by atoms with Gasteiger partial charge in [-0.05, 0) is 32.3 Å². The lowest BCUT2D eigenvalue weighted by molar-refractivity contribution is -0.155. The lowest BCUT2D eigenvalue weighted by atomic mass is 9.98. The molecule has 0 fully saturated rings. The predicted molar refractivity (Wildman–Crippen MR) is 57.8 cm³/mol. The van der Waals surface area contributed by atoms with Crippen LogP contribution in [0.1, 0.15) is 34.6 Å². The predicted octanol–water partition coefficient (Wildman–Crippen LogP) is 1.87. The van der Waals surface area contributed by atoms with Crippen molar-refractivity contribution >= 4 is 5.97 Å². The van der Waals surface area contributed by atoms with Crippen molar-refractivity contribution in [2.45, 2.75) is 46.3 Å². The van der Waals surface area contributed by atoms with Crippen LogP contribution >= 0.6 is 0 Å². The van der Waals surface area contributed by atoms with Crippen molar-refractivity contribution in [2.75, 3.05) is 0 Å². The average Bonchev–Trinajstić information content (AvgIpc) is 1.98. The molecule has 0 aliphatic heterocycles. The normalized spacial score (nSPS) is 13.9. The van der Waals surface area contributed by atoms with E-state index in [4.69, 9.17) is 10.5 Å². The summed E-state index contributed by atoms with van der Waals surface area (Å²) in [6, 6.07) is -0.714. The molecule has 0 amide bonds. The molecule has 0 saturated carbocycles. The van der Waals surface area contributed by atoms with Crippen molar-refractivity contribution in [3.63, 3.8) is 0 Å². The molecule has 0 bridgehead atoms. The van der Waals surface area contributed by atoms with Crippen LogP contribution in [0.3, 0.4) is 0 Å². The number of carbonyl (C=O) groups excluding carboxylic acids is 1. The summed E-state index contributed by atoms with van der Waals surface area (Å²) in [7, 11) is 0. The summed E-state index contributed by atoms with van der Waals surface area (Å²) in [6.45, 7) is 13.1. The van der Waals surface area contributed by atoms with Gasteiger partial charge in [-0.1, -0.05) is 20.4 Å². The fourth-order valence-corrected chi connectivity index (χ4v) is 0.876. The zero-order valence-corrected chi connectivity index (χ0v) is 9.76. The quantitative estimate of drug-likeness (QED) is 0.557. The van der Waals surface area contributed by atoms with E-state index in [1.54, 1.807) is 0 Å². The molecule has 0 heterocycles. The summed E-state index contributed by atoms with van der Waals surface area (Å²) < 4.78 is 5.15. The van der Waals surface area contributed by atoms with Crippen LogP contribution in [0, 0.1) is 5.92 Å². The topological polar surface area (TPSA) is 52.3 Å². The molecule has 0 aromatic carbocycles. The Balaban J connectivity index is 4.34. The first-order valence-corrected chi connectivity index (χ1v) is 4.82. The molecule has 0 aromatic rings. The maximum Gasteiger partial charge on any atom is 0.327 e. The van der Waals surface area contributed by atoms with Crippen molar-refractivity contribution in [3.8, 4) is 0 Å². The number of hydrogen-bond donors (Lipinski definition) is 1. The van der Waals surface area contributed by atoms with Crippen molar-refractivity contribution in [2.24, 2.45) is 11.7 Å². The van der Waals surface area contributed by atoms with Crippen LogP contribution in [0.4, 0.5) is 0 Å². The van der Waals surface area contributed by atoms with E-state index in [2.05, 4.69) is 6.58 Å². The van der Waals surface area contributed by atoms with E-state index in [0.717, 1.165) is 0 Å². The highest BCUT2D eigenvalue weighted by Gasteiger charge is 2.24. The van der Waals surface area contributed by atoms with Crippen molar-refractivity contribution < 1.29 is 9.53 Å². The van der Waals surface area contributed by atoms with E-state index < -0.39 is 17.6 Å². The average molecular weight is 199 g/mol. The first-order chi connectivity index (χ1) is 6.15. The Bertz CT molecular complexity index is 226. The minimum atomic E-state index is -0.714. The Morgan fingerprint density at radius 3 is 2.07 bits per heavy atom. The van der Waals surface area contributed by atoms with Gasteiger partial charge >= 0.3 is 5.97 Å². The molecule has 82 valence electrons. The molecule has 0 aliphatic carbocycles. The second-order valence-electron chi connectivity index (χ2n) is 4.74. The van der Waals surface area contributed by atoms with Crippen molar-refractivity contribution in [3.05, 3.63) is 12.2 Å². The lowest BCUT2D eigenvalue weighted by Gasteiger charge is -2.24. The molecule has 0 unspecified atom stereocenters. The molecule has 3 nitrogen and oxygen atoms in total. The Morgan fingerprint density at radius 2 is 1.79 bits per heavy atom. The third kappa shape index (κ3) is 4.42. The number of carbonyl (C=O) groups is 1. The third-order valence-electron chi connectivity index (χ3n) is 1.80. The Kier molecular flexibility index (Phi) is 4.33. The van der Waals surface area contributed by atoms with Crippen LogP contribution in [0.5, 0.6) is 0 Å². The van der Waals surface area contributed by atoms with Crippen LogP contribution in [0.2, 0.25) is 0 Å². The first kappa shape index (κ1) is 13.2. The third-order valence-corrected chi connectivity index (χ3v) is 1.80. The number of nitrogens with two attached hydrogens (primary N) is 1. The van der Waals surface area contributed by atoms with Gasteiger partial charge in [-0.3, -0.25) is 0 Å². The molecule has 0 aromatic heterocycles. The zero-order chi connectivity index (χ0) is 11.5. The highest BCUT2D eigenvalue weighted by atomic mass is 16.6. The van der Waals surface area contributed by atoms with E-state index in [-0.39, 0.29) is 5.92 Å². The molecule has 0 rings (SSSR count). The van der Waals surface area contributed by atoms with Crippen molar-refractivity contribution in [1.29, 1.82) is 0 Å². The standard InChI is InChI=1S/C11H21NO2/c1-7(2)8(3)9(12)10(13)14-11(4,5)6/h7,9H,3,12H2,1-2,4-6H3/t9-/m0/s1. The van der Waals surface area contributed by atoms with Gasteiger partial charge in [0.25, 0.3) is 0 Å². The molecular formula is C11H21NO2. The minimum absolute atomic E-state index is 0.192. The van der Waals surface area contributed by atoms with Crippen molar-refractivity contribution in [1.82, 2.24) is 0 Å². The molecule has 2 N–H and O–H groups in total. The highest BCUT2D eigenvalue weighted by molar-refractivity contribution is 5.79. The van der Waals surface area contributed by atoms with Gasteiger partial charge in [-0.25, -0.2) is 4.79 Å². The summed E-state index contributed by atoms with van der Waals surface area (Å²) in [5.74, 6) is -0.214. The SMILES string of the molecule is C=C(C(C)C)[C@H](N)C(=O)OC(C)(C)C. The van der Waals surface area contributed by atoms with Gasteiger partial charge in [-0.15, -0.1) is 0 Å². The summed E-state index contributed by atoms with van der Waals surface area (Å²) in [4.78, 5) is 11.5. The van der Waals surface area contributed by atoms with Crippen LogP contribution < -0.4 is 5.73 Å². The second-order valence-corrected chi connectivity index (χ2v) is 4.74. The van der Waals surface area contributed by atoms with E-state index in [1.165, 1.54) is 0 Å². The minimum Gasteiger partial charge on any atom is -0.459 e. The molecule has 0 aliphatic rings. The summed E-state index contributed by atoms with van der Waals surface area (Å²) in [6.07, 6.45) is 0. The Hall–Kier alpha value is -0.830. The molecule has 14 heavy (non-hydrogen) atoms. The smallest absolute Gasteiger partial charge is 0.327 e. The molecule has 0 radical (unpaired) electrons. The molecule has 0 spiro atoms. The summed E-state index contributed by atoms with van der Waals surface area (Å²) in [5, 5.41) is 0. The number of hydrogen-bond acceptors (Lipinski definition) is 3. The van der Waals surface area contributed by atoms with Gasteiger partial charge < -0.3 is 10.5 Å². The highest BCUT2D eigenvalue weighted by Crippen LogP contribution is 2.14. The van der Waals surface area contributed by atoms with Crippen LogP contribution in [-0.2, 0) is 9.53 Å². The van der Waals surface area contributed by atoms with Gasteiger partial charge in [0.2, 0.25) is 0 Å². The summed E-state index contributed by atoms with van der Waals surface area (Å²) >= 11 is 0. The monoisotopic (exact) mass is 199 g/mol. The molecular weight excluding hydrogens is 178 g/mol. The second kappa shape index (κ2) is 4.60. The van der Waals surface area contributed by atoms with E-state index in [9.17, 15) is 4.79 Å². The zero-order valence-electron chi connectivity index (χ0n) is 9.76. The first-order valence-electron chi connectivity index (χ1n) is 4.82. The Labute approximate surface area is 86.3 Å². The maximum atomic E-state index is 11.5. The fraction of sp³-hybridized carbons (Fsp3) is 0.727. The number of esters is 1. The number of rotatable bonds is 3. The van der Waals surface area contributed by atoms with Gasteiger partial charge in [-0.2, -0.15) is 0 Å². The maximum absolute atomic E-state index is 11.5. The van der Waals surface area contributed by atoms with E-state index >= 15 is 0 Å². The summed E-state index contributed by atoms with van der Waals surface area (Å²) in [5.41, 5.74) is 5.91. The van der Waals surface area contributed by atoms with Gasteiger partial charge in [0.1, 0.15) is 11.6 Å². The molecule has 3 heteroatoms. The van der Waals surface area contributed by atoms with Gasteiger partial charge in [0.15, 0.2) is 0 Å². The van der Waals surface area contributed by atoms with E-state index in [0.29, 0.717) is 5.57 Å². The van der Waals surface area contributed by atoms with Crippen LogP contribution in [0.25, 0.3) is 0 Å². The fourth-order valence-electron chi connectivity index (χ4n) is 0.876. The molecule has 0 saturated heterocycles. The number of ether oxygens (including phenoxy) is 1. The Morgan fingerprint density at radius 1 is 1.36 bits per heavy atom. The van der Waals surface area contributed by atoms with Crippen LogP contribution in [0.15, 0.2) is 12.2 Å². The van der Waals surface area contributed by atoms with Gasteiger partial charge in [0.05, 0.1) is 0 Å². The van der Waals surface area contributed by atoms with E-state index in [1.807, 2.05) is 34.6 Å². The lowest BCUT2D eigenvalue weighted by Crippen LogP contribution is -2.39. The largest absolute Gasteiger partial charge is 0.459 e. The van der Waals surface area contributed by atoms with Gasteiger partial charge in [0, 0.05) is 0 Å². The van der Waals surface area contributed by atoms with Crippen LogP contribution in [-0.4, -0.2) is 17.6 Å².